The first-order valence-electron chi connectivity index (χ1n) is 6.80. The average molecular weight is 277 g/mol. The number of amides is 1. The number of furan rings is 1. The summed E-state index contributed by atoms with van der Waals surface area (Å²) >= 11 is 0. The highest BCUT2D eigenvalue weighted by molar-refractivity contribution is 5.92. The normalized spacial score (nSPS) is 22.6. The summed E-state index contributed by atoms with van der Waals surface area (Å²) in [7, 11) is 1.38. The Labute approximate surface area is 118 Å². The van der Waals surface area contributed by atoms with Crippen molar-refractivity contribution >= 4 is 18.0 Å². The number of hydrogen-bond donors (Lipinski definition) is 1. The fraction of sp³-hybridized carbons (Fsp3) is 0.467. The van der Waals surface area contributed by atoms with Crippen LogP contribution in [0.25, 0.3) is 6.08 Å². The molecule has 1 aromatic heterocycles. The second-order valence-electron chi connectivity index (χ2n) is 4.88. The molecule has 1 aliphatic carbocycles. The molecule has 1 N–H and O–H groups in total. The maximum absolute atomic E-state index is 11.9. The van der Waals surface area contributed by atoms with Crippen LogP contribution in [0.15, 0.2) is 28.9 Å². The van der Waals surface area contributed by atoms with Gasteiger partial charge in [-0.15, -0.1) is 0 Å². The minimum Gasteiger partial charge on any atom is -0.469 e. The van der Waals surface area contributed by atoms with Gasteiger partial charge in [-0.1, -0.05) is 12.8 Å². The first-order chi connectivity index (χ1) is 9.70. The minimum atomic E-state index is -0.245. The fourth-order valence-corrected chi connectivity index (χ4v) is 2.51. The molecule has 5 nitrogen and oxygen atoms in total. The lowest BCUT2D eigenvalue weighted by Crippen LogP contribution is -2.44. The number of carbonyl (C=O) groups is 2. The van der Waals surface area contributed by atoms with Crippen molar-refractivity contribution in [3.8, 4) is 0 Å². The Morgan fingerprint density at radius 3 is 2.90 bits per heavy atom. The standard InChI is InChI=1S/C15H19NO4/c1-19-15(18)12-6-2-3-7-13(12)16-14(17)9-8-11-5-4-10-20-11/h4-5,8-10,12-13H,2-3,6-7H2,1H3,(H,16,17)/b9-8+/t12-,13-/m1/s1. The molecule has 0 radical (unpaired) electrons. The molecule has 2 rings (SSSR count). The molecule has 1 aliphatic rings. The maximum atomic E-state index is 11.9. The van der Waals surface area contributed by atoms with Crippen molar-refractivity contribution in [3.63, 3.8) is 0 Å². The highest BCUT2D eigenvalue weighted by Gasteiger charge is 2.32. The van der Waals surface area contributed by atoms with Gasteiger partial charge in [0.25, 0.3) is 0 Å². The lowest BCUT2D eigenvalue weighted by atomic mass is 9.84. The van der Waals surface area contributed by atoms with Gasteiger partial charge in [-0.3, -0.25) is 9.59 Å². The Hall–Kier alpha value is -2.04. The lowest BCUT2D eigenvalue weighted by Gasteiger charge is -2.29. The van der Waals surface area contributed by atoms with Gasteiger partial charge in [-0.2, -0.15) is 0 Å². The van der Waals surface area contributed by atoms with E-state index in [0.29, 0.717) is 5.76 Å². The molecule has 2 atom stereocenters. The Balaban J connectivity index is 1.93. The Morgan fingerprint density at radius 2 is 2.20 bits per heavy atom. The van der Waals surface area contributed by atoms with Crippen molar-refractivity contribution < 1.29 is 18.7 Å². The molecule has 0 aliphatic heterocycles. The number of ether oxygens (including phenoxy) is 1. The molecule has 108 valence electrons. The molecule has 0 spiro atoms. The van der Waals surface area contributed by atoms with E-state index in [0.717, 1.165) is 25.7 Å². The van der Waals surface area contributed by atoms with Crippen LogP contribution in [-0.4, -0.2) is 25.0 Å². The predicted octanol–water partition coefficient (Wildman–Crippen LogP) is 2.14. The van der Waals surface area contributed by atoms with E-state index in [2.05, 4.69) is 5.32 Å². The van der Waals surface area contributed by atoms with Crippen LogP contribution in [0, 0.1) is 5.92 Å². The van der Waals surface area contributed by atoms with Crippen molar-refractivity contribution in [3.05, 3.63) is 30.2 Å². The smallest absolute Gasteiger partial charge is 0.310 e. The van der Waals surface area contributed by atoms with E-state index in [4.69, 9.17) is 9.15 Å². The van der Waals surface area contributed by atoms with Crippen molar-refractivity contribution in [2.75, 3.05) is 7.11 Å². The van der Waals surface area contributed by atoms with E-state index >= 15 is 0 Å². The predicted molar refractivity (Wildman–Crippen MR) is 73.6 cm³/mol. The van der Waals surface area contributed by atoms with E-state index in [1.165, 1.54) is 13.2 Å². The summed E-state index contributed by atoms with van der Waals surface area (Å²) in [5.41, 5.74) is 0. The summed E-state index contributed by atoms with van der Waals surface area (Å²) < 4.78 is 9.91. The zero-order valence-corrected chi connectivity index (χ0v) is 11.5. The molecule has 20 heavy (non-hydrogen) atoms. The van der Waals surface area contributed by atoms with Crippen LogP contribution in [0.5, 0.6) is 0 Å². The maximum Gasteiger partial charge on any atom is 0.310 e. The number of esters is 1. The highest BCUT2D eigenvalue weighted by Crippen LogP contribution is 2.25. The Bertz CT molecular complexity index is 478. The molecule has 1 saturated carbocycles. The van der Waals surface area contributed by atoms with Crippen molar-refractivity contribution in [1.82, 2.24) is 5.32 Å². The van der Waals surface area contributed by atoms with Gasteiger partial charge in [0, 0.05) is 12.1 Å². The average Bonchev–Trinajstić information content (AvgIpc) is 2.98. The molecule has 0 bridgehead atoms. The third-order valence-electron chi connectivity index (χ3n) is 3.54. The monoisotopic (exact) mass is 277 g/mol. The van der Waals surface area contributed by atoms with Crippen LogP contribution in [0.3, 0.4) is 0 Å². The Morgan fingerprint density at radius 1 is 1.40 bits per heavy atom. The minimum absolute atomic E-state index is 0.148. The second-order valence-corrected chi connectivity index (χ2v) is 4.88. The van der Waals surface area contributed by atoms with Gasteiger partial charge in [0.1, 0.15) is 5.76 Å². The molecule has 5 heteroatoms. The SMILES string of the molecule is COC(=O)[C@@H]1CCCC[C@H]1NC(=O)/C=C/c1ccco1. The number of carbonyl (C=O) groups excluding carboxylic acids is 2. The highest BCUT2D eigenvalue weighted by atomic mass is 16.5. The van der Waals surface area contributed by atoms with Crippen molar-refractivity contribution in [2.45, 2.75) is 31.7 Å². The van der Waals surface area contributed by atoms with Crippen LogP contribution in [0.4, 0.5) is 0 Å². The van der Waals surface area contributed by atoms with Gasteiger partial charge in [0.05, 0.1) is 19.3 Å². The van der Waals surface area contributed by atoms with Crippen LogP contribution in [0.2, 0.25) is 0 Å². The van der Waals surface area contributed by atoms with Gasteiger partial charge < -0.3 is 14.5 Å². The van der Waals surface area contributed by atoms with Crippen LogP contribution in [-0.2, 0) is 14.3 Å². The number of rotatable bonds is 4. The van der Waals surface area contributed by atoms with E-state index in [-0.39, 0.29) is 23.8 Å². The number of hydrogen-bond acceptors (Lipinski definition) is 4. The summed E-state index contributed by atoms with van der Waals surface area (Å²) in [5.74, 6) is -0.0877. The third kappa shape index (κ3) is 3.73. The first kappa shape index (κ1) is 14.4. The summed E-state index contributed by atoms with van der Waals surface area (Å²) in [6.07, 6.45) is 8.15. The van der Waals surface area contributed by atoms with E-state index in [1.54, 1.807) is 24.5 Å². The summed E-state index contributed by atoms with van der Waals surface area (Å²) in [6, 6.07) is 3.37. The molecule has 0 unspecified atom stereocenters. The summed E-state index contributed by atoms with van der Waals surface area (Å²) in [6.45, 7) is 0. The number of methoxy groups -OCH3 is 1. The number of nitrogens with one attached hydrogen (secondary N) is 1. The molecular formula is C15H19NO4. The van der Waals surface area contributed by atoms with Crippen molar-refractivity contribution in [2.24, 2.45) is 5.92 Å². The molecule has 1 fully saturated rings. The van der Waals surface area contributed by atoms with Gasteiger partial charge in [-0.05, 0) is 31.1 Å². The zero-order chi connectivity index (χ0) is 14.4. The van der Waals surface area contributed by atoms with Crippen LogP contribution >= 0.6 is 0 Å². The van der Waals surface area contributed by atoms with Crippen molar-refractivity contribution in [1.29, 1.82) is 0 Å². The van der Waals surface area contributed by atoms with Gasteiger partial charge >= 0.3 is 5.97 Å². The summed E-state index contributed by atoms with van der Waals surface area (Å²) in [4.78, 5) is 23.6. The van der Waals surface area contributed by atoms with Gasteiger partial charge in [0.2, 0.25) is 5.91 Å². The second kappa shape index (κ2) is 6.93. The van der Waals surface area contributed by atoms with Gasteiger partial charge in [-0.25, -0.2) is 0 Å². The van der Waals surface area contributed by atoms with Crippen LogP contribution in [0.1, 0.15) is 31.4 Å². The summed E-state index contributed by atoms with van der Waals surface area (Å²) in [5, 5.41) is 2.88. The van der Waals surface area contributed by atoms with E-state index < -0.39 is 0 Å². The fourth-order valence-electron chi connectivity index (χ4n) is 2.51. The van der Waals surface area contributed by atoms with E-state index in [1.807, 2.05) is 0 Å². The lowest BCUT2D eigenvalue weighted by molar-refractivity contribution is -0.147. The topological polar surface area (TPSA) is 68.5 Å². The quantitative estimate of drug-likeness (QED) is 0.676. The Kier molecular flexibility index (Phi) is 4.98. The largest absolute Gasteiger partial charge is 0.469 e. The van der Waals surface area contributed by atoms with E-state index in [9.17, 15) is 9.59 Å². The zero-order valence-electron chi connectivity index (χ0n) is 11.5. The molecular weight excluding hydrogens is 258 g/mol. The molecule has 0 saturated heterocycles. The first-order valence-corrected chi connectivity index (χ1v) is 6.80. The molecule has 1 aromatic rings. The van der Waals surface area contributed by atoms with Crippen LogP contribution < -0.4 is 5.32 Å². The van der Waals surface area contributed by atoms with Gasteiger partial charge in [0.15, 0.2) is 0 Å². The molecule has 0 aromatic carbocycles. The molecule has 1 heterocycles. The third-order valence-corrected chi connectivity index (χ3v) is 3.54. The molecule has 1 amide bonds.